The molecule has 1 aromatic heterocycles. The van der Waals surface area contributed by atoms with Crippen LogP contribution in [0.1, 0.15) is 79.6 Å². The molecule has 41 heavy (non-hydrogen) atoms. The van der Waals surface area contributed by atoms with E-state index in [9.17, 15) is 18.3 Å². The highest BCUT2D eigenvalue weighted by atomic mass is 32.2. The highest BCUT2D eigenvalue weighted by molar-refractivity contribution is 7.92. The molecule has 3 N–H and O–H groups in total. The molecule has 218 valence electrons. The zero-order valence-corrected chi connectivity index (χ0v) is 25.1. The molecule has 1 atom stereocenters. The van der Waals surface area contributed by atoms with Crippen molar-refractivity contribution in [3.05, 3.63) is 70.9 Å². The number of hydrogen-bond donors (Lipinski definition) is 3. The second kappa shape index (κ2) is 11.5. The van der Waals surface area contributed by atoms with Crippen molar-refractivity contribution in [2.75, 3.05) is 4.72 Å². The molecule has 0 amide bonds. The molecule has 5 rings (SSSR count). The number of carbonyl (C=O) groups is 1. The van der Waals surface area contributed by atoms with Gasteiger partial charge in [0.2, 0.25) is 5.95 Å². The summed E-state index contributed by atoms with van der Waals surface area (Å²) in [5.74, 6) is -0.665. The Kier molecular flexibility index (Phi) is 8.21. The minimum absolute atomic E-state index is 0.0241. The molecule has 2 aliphatic rings. The van der Waals surface area contributed by atoms with Gasteiger partial charge in [0.05, 0.1) is 16.2 Å². The fourth-order valence-electron chi connectivity index (χ4n) is 6.18. The number of carboxylic acid groups (broad SMARTS) is 1. The number of nitrogens with zero attached hydrogens (tertiary/aromatic N) is 2. The lowest BCUT2D eigenvalue weighted by atomic mass is 9.76. The van der Waals surface area contributed by atoms with Crippen molar-refractivity contribution in [3.8, 4) is 11.3 Å². The summed E-state index contributed by atoms with van der Waals surface area (Å²) in [5, 5.41) is 13.2. The van der Waals surface area contributed by atoms with Crippen LogP contribution in [0.2, 0.25) is 0 Å². The van der Waals surface area contributed by atoms with Crippen LogP contribution < -0.4 is 10.0 Å². The highest BCUT2D eigenvalue weighted by Gasteiger charge is 2.52. The molecule has 2 fully saturated rings. The number of aryl methyl sites for hydroxylation is 3. The molecule has 2 saturated carbocycles. The molecule has 0 unspecified atom stereocenters. The van der Waals surface area contributed by atoms with Crippen LogP contribution in [0.4, 0.5) is 5.95 Å². The Bertz CT molecular complexity index is 1520. The van der Waals surface area contributed by atoms with E-state index >= 15 is 0 Å². The maximum absolute atomic E-state index is 13.3. The van der Waals surface area contributed by atoms with Crippen molar-refractivity contribution in [3.63, 3.8) is 0 Å². The van der Waals surface area contributed by atoms with Gasteiger partial charge in [0, 0.05) is 23.3 Å². The van der Waals surface area contributed by atoms with Crippen LogP contribution >= 0.6 is 0 Å². The van der Waals surface area contributed by atoms with Crippen molar-refractivity contribution in [2.45, 2.75) is 89.6 Å². The maximum Gasteiger partial charge on any atom is 0.335 e. The first kappa shape index (κ1) is 29.2. The molecule has 0 radical (unpaired) electrons. The predicted octanol–water partition coefficient (Wildman–Crippen LogP) is 6.14. The second-order valence-electron chi connectivity index (χ2n) is 12.4. The summed E-state index contributed by atoms with van der Waals surface area (Å²) in [6.07, 6.45) is 7.94. The van der Waals surface area contributed by atoms with E-state index in [4.69, 9.17) is 0 Å². The molecule has 0 saturated heterocycles. The molecule has 1 heterocycles. The molecule has 2 aromatic carbocycles. The lowest BCUT2D eigenvalue weighted by Crippen LogP contribution is -2.47. The number of rotatable bonds is 12. The van der Waals surface area contributed by atoms with Gasteiger partial charge in [-0.3, -0.25) is 0 Å². The summed E-state index contributed by atoms with van der Waals surface area (Å²) in [6, 6.07) is 14.2. The summed E-state index contributed by atoms with van der Waals surface area (Å²) in [5.41, 5.74) is 4.98. The summed E-state index contributed by atoms with van der Waals surface area (Å²) < 4.78 is 29.1. The average molecular weight is 577 g/mol. The lowest BCUT2D eigenvalue weighted by molar-refractivity contribution is 0.0696. The summed E-state index contributed by atoms with van der Waals surface area (Å²) in [7, 11) is -4.12. The third-order valence-corrected chi connectivity index (χ3v) is 9.75. The van der Waals surface area contributed by atoms with Gasteiger partial charge in [0.15, 0.2) is 0 Å². The Hall–Kier alpha value is -3.30. The van der Waals surface area contributed by atoms with E-state index in [1.54, 1.807) is 0 Å². The number of nitrogens with one attached hydrogen (secondary N) is 2. The average Bonchev–Trinajstić information content (AvgIpc) is 3.67. The fourth-order valence-corrected chi connectivity index (χ4v) is 7.16. The Balaban J connectivity index is 1.42. The fraction of sp³-hybridized carbons (Fsp3) is 0.469. The summed E-state index contributed by atoms with van der Waals surface area (Å²) in [4.78, 5) is 20.5. The zero-order valence-electron chi connectivity index (χ0n) is 24.3. The SMILES string of the molecule is Cc1cccc(C)c1-c1cc(CC[C@@H](CC(C)C)NC2CC3(CC3)C2)nc(NS(=O)(=O)c2cccc(C(=O)O)c2)n1. The van der Waals surface area contributed by atoms with Gasteiger partial charge < -0.3 is 10.4 Å². The molecule has 0 aliphatic heterocycles. The van der Waals surface area contributed by atoms with Crippen molar-refractivity contribution < 1.29 is 18.3 Å². The molecule has 3 aromatic rings. The minimum atomic E-state index is -4.12. The van der Waals surface area contributed by atoms with Crippen LogP contribution in [-0.4, -0.2) is 41.5 Å². The van der Waals surface area contributed by atoms with Gasteiger partial charge in [0.25, 0.3) is 10.0 Å². The number of carboxylic acids is 1. The minimum Gasteiger partial charge on any atom is -0.478 e. The van der Waals surface area contributed by atoms with Gasteiger partial charge in [-0.1, -0.05) is 38.1 Å². The summed E-state index contributed by atoms with van der Waals surface area (Å²) in [6.45, 7) is 8.51. The molecule has 8 nitrogen and oxygen atoms in total. The first-order chi connectivity index (χ1) is 19.4. The quantitative estimate of drug-likeness (QED) is 0.237. The van der Waals surface area contributed by atoms with Crippen LogP contribution in [0.3, 0.4) is 0 Å². The van der Waals surface area contributed by atoms with Crippen molar-refractivity contribution >= 4 is 21.9 Å². The van der Waals surface area contributed by atoms with Crippen molar-refractivity contribution in [1.29, 1.82) is 0 Å². The van der Waals surface area contributed by atoms with E-state index in [1.165, 1.54) is 43.9 Å². The van der Waals surface area contributed by atoms with Crippen molar-refractivity contribution in [2.24, 2.45) is 11.3 Å². The van der Waals surface area contributed by atoms with Gasteiger partial charge in [-0.05, 0) is 106 Å². The number of anilines is 1. The number of aromatic carboxylic acids is 1. The third kappa shape index (κ3) is 6.96. The largest absolute Gasteiger partial charge is 0.478 e. The van der Waals surface area contributed by atoms with E-state index in [0.29, 0.717) is 35.5 Å². The second-order valence-corrected chi connectivity index (χ2v) is 14.1. The topological polar surface area (TPSA) is 121 Å². The van der Waals surface area contributed by atoms with Gasteiger partial charge in [-0.2, -0.15) is 0 Å². The van der Waals surface area contributed by atoms with E-state index in [0.717, 1.165) is 41.3 Å². The first-order valence-electron chi connectivity index (χ1n) is 14.5. The number of benzene rings is 2. The van der Waals surface area contributed by atoms with Gasteiger partial charge in [-0.15, -0.1) is 0 Å². The molecule has 0 bridgehead atoms. The Morgan fingerprint density at radius 1 is 1.05 bits per heavy atom. The van der Waals surface area contributed by atoms with Crippen LogP contribution in [0.25, 0.3) is 11.3 Å². The maximum atomic E-state index is 13.3. The smallest absolute Gasteiger partial charge is 0.335 e. The lowest BCUT2D eigenvalue weighted by Gasteiger charge is -2.39. The number of aromatic nitrogens is 2. The van der Waals surface area contributed by atoms with Gasteiger partial charge >= 0.3 is 5.97 Å². The Morgan fingerprint density at radius 2 is 1.73 bits per heavy atom. The standard InChI is InChI=1S/C32H40N4O4S/c1-20(2)15-24(33-26-18-32(19-26)13-14-32)11-12-25-17-28(29-21(3)7-5-8-22(29)4)35-31(34-25)36-41(39,40)27-10-6-9-23(16-27)30(37)38/h5-10,16-17,20,24,26,33H,11-15,18-19H2,1-4H3,(H,37,38)(H,34,35,36)/t24-/m0/s1. The normalized spacial score (nSPS) is 16.9. The molecular formula is C32H40N4O4S. The van der Waals surface area contributed by atoms with E-state index in [1.807, 2.05) is 38.1 Å². The van der Waals surface area contributed by atoms with E-state index < -0.39 is 16.0 Å². The predicted molar refractivity (Wildman–Crippen MR) is 161 cm³/mol. The number of sulfonamides is 1. The Morgan fingerprint density at radius 3 is 2.37 bits per heavy atom. The monoisotopic (exact) mass is 576 g/mol. The summed E-state index contributed by atoms with van der Waals surface area (Å²) >= 11 is 0. The molecule has 9 heteroatoms. The number of hydrogen-bond acceptors (Lipinski definition) is 6. The highest BCUT2D eigenvalue weighted by Crippen LogP contribution is 2.60. The molecular weight excluding hydrogens is 536 g/mol. The first-order valence-corrected chi connectivity index (χ1v) is 16.0. The van der Waals surface area contributed by atoms with Crippen LogP contribution in [0.5, 0.6) is 0 Å². The third-order valence-electron chi connectivity index (χ3n) is 8.43. The van der Waals surface area contributed by atoms with E-state index in [-0.39, 0.29) is 16.4 Å². The van der Waals surface area contributed by atoms with Crippen LogP contribution in [-0.2, 0) is 16.4 Å². The molecule has 2 aliphatic carbocycles. The van der Waals surface area contributed by atoms with Crippen LogP contribution in [0.15, 0.2) is 53.4 Å². The van der Waals surface area contributed by atoms with Crippen LogP contribution in [0, 0.1) is 25.2 Å². The Labute approximate surface area is 243 Å². The van der Waals surface area contributed by atoms with Gasteiger partial charge in [0.1, 0.15) is 0 Å². The van der Waals surface area contributed by atoms with E-state index in [2.05, 4.69) is 33.9 Å². The molecule has 1 spiro atoms. The van der Waals surface area contributed by atoms with Gasteiger partial charge in [-0.25, -0.2) is 27.9 Å². The van der Waals surface area contributed by atoms with Crippen molar-refractivity contribution in [1.82, 2.24) is 15.3 Å². The zero-order chi connectivity index (χ0) is 29.4.